The van der Waals surface area contributed by atoms with Crippen molar-refractivity contribution in [1.29, 1.82) is 0 Å². The molecule has 0 bridgehead atoms. The maximum atomic E-state index is 5.82. The number of hydrogen-bond acceptors (Lipinski definition) is 4. The fourth-order valence-corrected chi connectivity index (χ4v) is 4.40. The molecule has 1 aromatic heterocycles. The molecule has 0 saturated carbocycles. The first kappa shape index (κ1) is 19.5. The van der Waals surface area contributed by atoms with Gasteiger partial charge in [-0.05, 0) is 44.7 Å². The largest absolute Gasteiger partial charge is 0.375 e. The molecule has 2 aromatic rings. The minimum absolute atomic E-state index is 0.636. The van der Waals surface area contributed by atoms with Gasteiger partial charge in [0.05, 0.1) is 12.3 Å². The topological polar surface area (TPSA) is 34.1 Å². The molecule has 1 atom stereocenters. The van der Waals surface area contributed by atoms with Gasteiger partial charge < -0.3 is 10.1 Å². The first-order chi connectivity index (χ1) is 12.9. The monoisotopic (exact) mass is 372 g/mol. The number of hydrogen-bond donors (Lipinski definition) is 1. The Balaban J connectivity index is 1.22. The maximum Gasteiger partial charge on any atom is 0.123 e. The summed E-state index contributed by atoms with van der Waals surface area (Å²) in [6.07, 6.45) is 10.8. The minimum atomic E-state index is 0.636. The molecular weight excluding hydrogens is 340 g/mol. The van der Waals surface area contributed by atoms with Crippen LogP contribution in [-0.4, -0.2) is 24.7 Å². The highest BCUT2D eigenvalue weighted by molar-refractivity contribution is 7.13. The smallest absolute Gasteiger partial charge is 0.123 e. The SMILES string of the molecule is c1ccc(-c2nc(COCCCCCCC3CCCCNC3)cs2)cc1. The van der Waals surface area contributed by atoms with Crippen molar-refractivity contribution in [1.82, 2.24) is 10.3 Å². The highest BCUT2D eigenvalue weighted by Gasteiger charge is 2.10. The minimum Gasteiger partial charge on any atom is -0.375 e. The van der Waals surface area contributed by atoms with E-state index in [1.807, 2.05) is 6.07 Å². The van der Waals surface area contributed by atoms with E-state index in [1.54, 1.807) is 11.3 Å². The van der Waals surface area contributed by atoms with E-state index < -0.39 is 0 Å². The van der Waals surface area contributed by atoms with Crippen LogP contribution in [0, 0.1) is 5.92 Å². The highest BCUT2D eigenvalue weighted by Crippen LogP contribution is 2.23. The molecule has 26 heavy (non-hydrogen) atoms. The van der Waals surface area contributed by atoms with E-state index in [1.165, 1.54) is 70.0 Å². The summed E-state index contributed by atoms with van der Waals surface area (Å²) in [7, 11) is 0. The van der Waals surface area contributed by atoms with E-state index in [0.29, 0.717) is 6.61 Å². The molecule has 0 aliphatic carbocycles. The van der Waals surface area contributed by atoms with Gasteiger partial charge in [0, 0.05) is 17.6 Å². The number of nitrogens with one attached hydrogen (secondary N) is 1. The first-order valence-corrected chi connectivity index (χ1v) is 11.1. The van der Waals surface area contributed by atoms with Crippen LogP contribution < -0.4 is 5.32 Å². The van der Waals surface area contributed by atoms with Gasteiger partial charge in [-0.15, -0.1) is 11.3 Å². The number of benzene rings is 1. The molecule has 1 fully saturated rings. The summed E-state index contributed by atoms with van der Waals surface area (Å²) in [5, 5.41) is 6.76. The van der Waals surface area contributed by atoms with Crippen LogP contribution in [0.25, 0.3) is 10.6 Å². The van der Waals surface area contributed by atoms with Crippen molar-refractivity contribution < 1.29 is 4.74 Å². The Morgan fingerprint density at radius 2 is 1.96 bits per heavy atom. The summed E-state index contributed by atoms with van der Waals surface area (Å²) >= 11 is 1.70. The van der Waals surface area contributed by atoms with Gasteiger partial charge in [-0.2, -0.15) is 0 Å². The quantitative estimate of drug-likeness (QED) is 0.546. The Kier molecular flexibility index (Phi) is 8.62. The van der Waals surface area contributed by atoms with Crippen LogP contribution in [-0.2, 0) is 11.3 Å². The molecule has 1 aliphatic heterocycles. The molecule has 0 radical (unpaired) electrons. The Morgan fingerprint density at radius 3 is 2.88 bits per heavy atom. The van der Waals surface area contributed by atoms with Crippen molar-refractivity contribution in [2.75, 3.05) is 19.7 Å². The van der Waals surface area contributed by atoms with Gasteiger partial charge >= 0.3 is 0 Å². The number of unbranched alkanes of at least 4 members (excludes halogenated alkanes) is 3. The van der Waals surface area contributed by atoms with Crippen LogP contribution in [0.5, 0.6) is 0 Å². The summed E-state index contributed by atoms with van der Waals surface area (Å²) < 4.78 is 5.82. The Morgan fingerprint density at radius 1 is 1.08 bits per heavy atom. The van der Waals surface area contributed by atoms with Gasteiger partial charge in [-0.3, -0.25) is 0 Å². The summed E-state index contributed by atoms with van der Waals surface area (Å²) in [5.74, 6) is 0.914. The lowest BCUT2D eigenvalue weighted by molar-refractivity contribution is 0.114. The van der Waals surface area contributed by atoms with Gasteiger partial charge in [-0.1, -0.05) is 56.0 Å². The molecule has 1 unspecified atom stereocenters. The molecule has 3 nitrogen and oxygen atoms in total. The first-order valence-electron chi connectivity index (χ1n) is 10.2. The Hall–Kier alpha value is -1.23. The van der Waals surface area contributed by atoms with E-state index in [9.17, 15) is 0 Å². The molecule has 142 valence electrons. The summed E-state index contributed by atoms with van der Waals surface area (Å²) in [6, 6.07) is 10.4. The van der Waals surface area contributed by atoms with Crippen molar-refractivity contribution in [3.05, 3.63) is 41.4 Å². The molecule has 1 aliphatic rings. The zero-order chi connectivity index (χ0) is 17.9. The molecular formula is C22H32N2OS. The third-order valence-electron chi connectivity index (χ3n) is 5.12. The fraction of sp³-hybridized carbons (Fsp3) is 0.591. The molecule has 3 rings (SSSR count). The zero-order valence-corrected chi connectivity index (χ0v) is 16.6. The van der Waals surface area contributed by atoms with Crippen molar-refractivity contribution in [3.8, 4) is 10.6 Å². The second kappa shape index (κ2) is 11.5. The second-order valence-corrected chi connectivity index (χ2v) is 8.19. The average molecular weight is 373 g/mol. The van der Waals surface area contributed by atoms with Crippen LogP contribution in [0.15, 0.2) is 35.7 Å². The van der Waals surface area contributed by atoms with Crippen molar-refractivity contribution in [3.63, 3.8) is 0 Å². The molecule has 1 N–H and O–H groups in total. The van der Waals surface area contributed by atoms with Gasteiger partial charge in [-0.25, -0.2) is 4.98 Å². The van der Waals surface area contributed by atoms with E-state index in [2.05, 4.69) is 39.9 Å². The lowest BCUT2D eigenvalue weighted by Gasteiger charge is -2.13. The summed E-state index contributed by atoms with van der Waals surface area (Å²) in [5.41, 5.74) is 2.24. The van der Waals surface area contributed by atoms with Gasteiger partial charge in [0.25, 0.3) is 0 Å². The van der Waals surface area contributed by atoms with Gasteiger partial charge in [0.15, 0.2) is 0 Å². The lowest BCUT2D eigenvalue weighted by atomic mass is 9.96. The summed E-state index contributed by atoms with van der Waals surface area (Å²) in [4.78, 5) is 4.67. The molecule has 4 heteroatoms. The highest BCUT2D eigenvalue weighted by atomic mass is 32.1. The van der Waals surface area contributed by atoms with Crippen LogP contribution >= 0.6 is 11.3 Å². The van der Waals surface area contributed by atoms with Crippen LogP contribution in [0.4, 0.5) is 0 Å². The number of ether oxygens (including phenoxy) is 1. The predicted octanol–water partition coefficient (Wildman–Crippen LogP) is 5.67. The number of thiazole rings is 1. The van der Waals surface area contributed by atoms with E-state index in [4.69, 9.17) is 4.74 Å². The molecule has 1 saturated heterocycles. The number of rotatable bonds is 10. The standard InChI is InChI=1S/C22H32N2OS/c1(4-10-19-11-7-8-14-23-16-19)2-9-15-25-17-21-18-26-22(24-21)20-12-5-3-6-13-20/h3,5-6,12-13,18-19,23H,1-2,4,7-11,14-17H2. The molecule has 1 aromatic carbocycles. The normalized spacial score (nSPS) is 17.9. The average Bonchev–Trinajstić information content (AvgIpc) is 3.00. The number of aromatic nitrogens is 1. The fourth-order valence-electron chi connectivity index (χ4n) is 3.59. The third-order valence-corrected chi connectivity index (χ3v) is 6.06. The lowest BCUT2D eigenvalue weighted by Crippen LogP contribution is -2.20. The van der Waals surface area contributed by atoms with Crippen molar-refractivity contribution >= 4 is 11.3 Å². The van der Waals surface area contributed by atoms with Gasteiger partial charge in [0.2, 0.25) is 0 Å². The van der Waals surface area contributed by atoms with Crippen molar-refractivity contribution in [2.45, 2.75) is 58.0 Å². The molecule has 0 spiro atoms. The third kappa shape index (κ3) is 6.82. The van der Waals surface area contributed by atoms with Gasteiger partial charge in [0.1, 0.15) is 5.01 Å². The zero-order valence-electron chi connectivity index (χ0n) is 15.8. The second-order valence-electron chi connectivity index (χ2n) is 7.33. The van der Waals surface area contributed by atoms with Crippen LogP contribution in [0.2, 0.25) is 0 Å². The Bertz CT molecular complexity index is 606. The number of nitrogens with zero attached hydrogens (tertiary/aromatic N) is 1. The Labute approximate surface area is 162 Å². The maximum absolute atomic E-state index is 5.82. The molecule has 0 amide bonds. The molecule has 2 heterocycles. The van der Waals surface area contributed by atoms with Crippen LogP contribution in [0.3, 0.4) is 0 Å². The van der Waals surface area contributed by atoms with Crippen molar-refractivity contribution in [2.24, 2.45) is 5.92 Å². The summed E-state index contributed by atoms with van der Waals surface area (Å²) in [6.45, 7) is 3.95. The van der Waals surface area contributed by atoms with E-state index in [-0.39, 0.29) is 0 Å². The van der Waals surface area contributed by atoms with E-state index in [0.717, 1.165) is 23.2 Å². The van der Waals surface area contributed by atoms with E-state index >= 15 is 0 Å². The van der Waals surface area contributed by atoms with Crippen LogP contribution in [0.1, 0.15) is 57.1 Å². The predicted molar refractivity (Wildman–Crippen MR) is 111 cm³/mol.